The van der Waals surface area contributed by atoms with Crippen LogP contribution in [0.1, 0.15) is 5.56 Å². The van der Waals surface area contributed by atoms with E-state index in [1.165, 1.54) is 22.9 Å². The third-order valence-electron chi connectivity index (χ3n) is 4.85. The highest BCUT2D eigenvalue weighted by atomic mass is 35.5. The Morgan fingerprint density at radius 1 is 0.935 bits per heavy atom. The van der Waals surface area contributed by atoms with E-state index in [1.807, 2.05) is 30.5 Å². The van der Waals surface area contributed by atoms with Crippen LogP contribution in [0.4, 0.5) is 4.39 Å². The van der Waals surface area contributed by atoms with Gasteiger partial charge in [0.1, 0.15) is 5.82 Å². The Balaban J connectivity index is 1.86. The summed E-state index contributed by atoms with van der Waals surface area (Å²) in [6.45, 7) is 0.203. The average molecular weight is 471 g/mol. The minimum absolute atomic E-state index is 0.203. The van der Waals surface area contributed by atoms with E-state index >= 15 is 0 Å². The van der Waals surface area contributed by atoms with Gasteiger partial charge in [-0.1, -0.05) is 53.5 Å². The van der Waals surface area contributed by atoms with Crippen molar-refractivity contribution >= 4 is 35.0 Å². The van der Waals surface area contributed by atoms with Gasteiger partial charge in [-0.05, 0) is 53.8 Å². The van der Waals surface area contributed by atoms with E-state index in [-0.39, 0.29) is 17.9 Å². The molecule has 4 aromatic rings. The Morgan fingerprint density at radius 3 is 2.26 bits per heavy atom. The fourth-order valence-electron chi connectivity index (χ4n) is 3.23. The van der Waals surface area contributed by atoms with Crippen LogP contribution in [0.2, 0.25) is 10.0 Å². The Hall–Kier alpha value is -2.60. The molecule has 0 aliphatic rings. The molecule has 0 spiro atoms. The Bertz CT molecular complexity index is 1290. The molecule has 0 N–H and O–H groups in total. The van der Waals surface area contributed by atoms with Crippen molar-refractivity contribution in [1.29, 1.82) is 0 Å². The molecule has 1 aromatic heterocycles. The first-order chi connectivity index (χ1) is 14.9. The molecule has 0 bridgehead atoms. The first kappa shape index (κ1) is 21.6. The van der Waals surface area contributed by atoms with E-state index in [2.05, 4.69) is 5.10 Å². The maximum atomic E-state index is 13.5. The van der Waals surface area contributed by atoms with Gasteiger partial charge in [0.2, 0.25) is 0 Å². The van der Waals surface area contributed by atoms with E-state index in [1.54, 1.807) is 42.1 Å². The zero-order valence-electron chi connectivity index (χ0n) is 16.5. The molecule has 0 unspecified atom stereocenters. The number of aromatic nitrogens is 2. The minimum atomic E-state index is -0.340. The van der Waals surface area contributed by atoms with Crippen LogP contribution >= 0.6 is 35.0 Å². The van der Waals surface area contributed by atoms with Gasteiger partial charge in [0.25, 0.3) is 5.56 Å². The standard InChI is InChI=1S/C24H17Cl2FN2OS/c1-31-20-10-5-16(6-11-20)24-21(15-3-8-19(27)9-4-15)13-23(30)29(28-24)14-17-2-7-18(25)12-22(17)26/h2-13H,14H2,1H3. The summed E-state index contributed by atoms with van der Waals surface area (Å²) < 4.78 is 14.8. The maximum absolute atomic E-state index is 13.5. The summed E-state index contributed by atoms with van der Waals surface area (Å²) in [6.07, 6.45) is 2.01. The number of nitrogens with zero attached hydrogens (tertiary/aromatic N) is 2. The highest BCUT2D eigenvalue weighted by molar-refractivity contribution is 7.98. The molecule has 0 atom stereocenters. The topological polar surface area (TPSA) is 34.9 Å². The van der Waals surface area contributed by atoms with Crippen LogP contribution in [0.5, 0.6) is 0 Å². The molecule has 0 saturated carbocycles. The van der Waals surface area contributed by atoms with E-state index in [4.69, 9.17) is 23.2 Å². The molecule has 4 rings (SSSR count). The second kappa shape index (κ2) is 9.27. The van der Waals surface area contributed by atoms with Gasteiger partial charge in [-0.25, -0.2) is 9.07 Å². The van der Waals surface area contributed by atoms with Crippen molar-refractivity contribution in [3.8, 4) is 22.4 Å². The minimum Gasteiger partial charge on any atom is -0.268 e. The van der Waals surface area contributed by atoms with Crippen molar-refractivity contribution in [2.45, 2.75) is 11.4 Å². The lowest BCUT2D eigenvalue weighted by molar-refractivity contribution is 0.628. The number of benzene rings is 3. The van der Waals surface area contributed by atoms with Crippen LogP contribution in [0.15, 0.2) is 82.5 Å². The van der Waals surface area contributed by atoms with Gasteiger partial charge in [-0.3, -0.25) is 4.79 Å². The van der Waals surface area contributed by atoms with Crippen LogP contribution in [0.3, 0.4) is 0 Å². The highest BCUT2D eigenvalue weighted by Gasteiger charge is 2.14. The zero-order valence-corrected chi connectivity index (χ0v) is 18.8. The summed E-state index contributed by atoms with van der Waals surface area (Å²) in [5.41, 5.74) is 3.29. The van der Waals surface area contributed by atoms with Gasteiger partial charge in [0.05, 0.1) is 12.2 Å². The Morgan fingerprint density at radius 2 is 1.61 bits per heavy atom. The maximum Gasteiger partial charge on any atom is 0.267 e. The summed E-state index contributed by atoms with van der Waals surface area (Å²) in [5.74, 6) is -0.340. The van der Waals surface area contributed by atoms with E-state index in [0.29, 0.717) is 26.9 Å². The fourth-order valence-corrected chi connectivity index (χ4v) is 4.10. The molecule has 3 aromatic carbocycles. The van der Waals surface area contributed by atoms with Crippen molar-refractivity contribution < 1.29 is 4.39 Å². The normalized spacial score (nSPS) is 11.0. The number of hydrogen-bond acceptors (Lipinski definition) is 3. The van der Waals surface area contributed by atoms with Crippen molar-refractivity contribution in [3.05, 3.63) is 105 Å². The van der Waals surface area contributed by atoms with Crippen molar-refractivity contribution in [2.75, 3.05) is 6.26 Å². The predicted octanol–water partition coefficient (Wildman–Crippen LogP) is 6.79. The summed E-state index contributed by atoms with van der Waals surface area (Å²) in [7, 11) is 0. The molecule has 0 aliphatic heterocycles. The lowest BCUT2D eigenvalue weighted by Crippen LogP contribution is -2.24. The van der Waals surface area contributed by atoms with Gasteiger partial charge in [0, 0.05) is 32.1 Å². The molecule has 1 heterocycles. The van der Waals surface area contributed by atoms with E-state index in [0.717, 1.165) is 16.0 Å². The summed E-state index contributed by atoms with van der Waals surface area (Å²) in [6, 6.07) is 20.6. The van der Waals surface area contributed by atoms with Gasteiger partial charge in [-0.2, -0.15) is 5.10 Å². The number of halogens is 3. The SMILES string of the molecule is CSc1ccc(-c2nn(Cc3ccc(Cl)cc3Cl)c(=O)cc2-c2ccc(F)cc2)cc1. The lowest BCUT2D eigenvalue weighted by Gasteiger charge is -2.14. The molecular formula is C24H17Cl2FN2OS. The summed E-state index contributed by atoms with van der Waals surface area (Å²) in [5, 5.41) is 5.66. The largest absolute Gasteiger partial charge is 0.268 e. The Kier molecular flexibility index (Phi) is 6.46. The van der Waals surface area contributed by atoms with Gasteiger partial charge in [-0.15, -0.1) is 11.8 Å². The van der Waals surface area contributed by atoms with E-state index in [9.17, 15) is 9.18 Å². The molecule has 156 valence electrons. The molecule has 0 amide bonds. The van der Waals surface area contributed by atoms with Crippen LogP contribution < -0.4 is 5.56 Å². The number of hydrogen-bond donors (Lipinski definition) is 0. The Labute approximate surface area is 193 Å². The third-order valence-corrected chi connectivity index (χ3v) is 6.18. The molecule has 0 fully saturated rings. The quantitative estimate of drug-likeness (QED) is 0.301. The smallest absolute Gasteiger partial charge is 0.267 e. The molecule has 0 saturated heterocycles. The van der Waals surface area contributed by atoms with Gasteiger partial charge in [0.15, 0.2) is 0 Å². The number of rotatable bonds is 5. The monoisotopic (exact) mass is 470 g/mol. The highest BCUT2D eigenvalue weighted by Crippen LogP contribution is 2.31. The average Bonchev–Trinajstić information content (AvgIpc) is 2.77. The number of thioether (sulfide) groups is 1. The van der Waals surface area contributed by atoms with Crippen LogP contribution in [-0.4, -0.2) is 16.0 Å². The molecule has 31 heavy (non-hydrogen) atoms. The molecule has 0 radical (unpaired) electrons. The van der Waals surface area contributed by atoms with Crippen LogP contribution in [0.25, 0.3) is 22.4 Å². The molecule has 0 aliphatic carbocycles. The van der Waals surface area contributed by atoms with Gasteiger partial charge < -0.3 is 0 Å². The van der Waals surface area contributed by atoms with Crippen molar-refractivity contribution in [1.82, 2.24) is 9.78 Å². The second-order valence-corrected chi connectivity index (χ2v) is 8.60. The van der Waals surface area contributed by atoms with Crippen LogP contribution in [0, 0.1) is 5.82 Å². The van der Waals surface area contributed by atoms with E-state index < -0.39 is 0 Å². The zero-order chi connectivity index (χ0) is 22.0. The summed E-state index contributed by atoms with van der Waals surface area (Å²) >= 11 is 13.9. The molecule has 7 heteroatoms. The molecular weight excluding hydrogens is 454 g/mol. The third kappa shape index (κ3) is 4.85. The predicted molar refractivity (Wildman–Crippen MR) is 127 cm³/mol. The first-order valence-electron chi connectivity index (χ1n) is 9.41. The fraction of sp³-hybridized carbons (Fsp3) is 0.0833. The van der Waals surface area contributed by atoms with Crippen LogP contribution in [-0.2, 0) is 6.54 Å². The molecule has 3 nitrogen and oxygen atoms in total. The van der Waals surface area contributed by atoms with Crippen molar-refractivity contribution in [2.24, 2.45) is 0 Å². The second-order valence-electron chi connectivity index (χ2n) is 6.87. The summed E-state index contributed by atoms with van der Waals surface area (Å²) in [4.78, 5) is 14.0. The lowest BCUT2D eigenvalue weighted by atomic mass is 10.00. The first-order valence-corrected chi connectivity index (χ1v) is 11.4. The van der Waals surface area contributed by atoms with Gasteiger partial charge >= 0.3 is 0 Å². The van der Waals surface area contributed by atoms with Crippen molar-refractivity contribution in [3.63, 3.8) is 0 Å².